The Morgan fingerprint density at radius 2 is 2.05 bits per heavy atom. The predicted octanol–water partition coefficient (Wildman–Crippen LogP) is 1.60. The molecule has 2 aliphatic heterocycles. The lowest BCUT2D eigenvalue weighted by atomic mass is 9.92. The number of methoxy groups -OCH3 is 2. The summed E-state index contributed by atoms with van der Waals surface area (Å²) in [5.74, 6) is 1.48. The molecule has 3 rings (SSSR count). The normalized spacial score (nSPS) is 26.4. The highest BCUT2D eigenvalue weighted by Crippen LogP contribution is 2.41. The molecule has 1 fully saturated rings. The van der Waals surface area contributed by atoms with Crippen molar-refractivity contribution in [2.45, 2.75) is 18.9 Å². The fourth-order valence-electron chi connectivity index (χ4n) is 2.78. The molecule has 2 aliphatic rings. The second-order valence-electron chi connectivity index (χ2n) is 4.64. The number of nitrogens with zero attached hydrogens (tertiary/aromatic N) is 1. The van der Waals surface area contributed by atoms with Crippen LogP contribution in [-0.2, 0) is 21.9 Å². The van der Waals surface area contributed by atoms with Crippen LogP contribution in [0.2, 0.25) is 0 Å². The Balaban J connectivity index is 2.04. The third kappa shape index (κ3) is 2.13. The zero-order valence-electron chi connectivity index (χ0n) is 11.0. The van der Waals surface area contributed by atoms with Crippen molar-refractivity contribution in [3.63, 3.8) is 0 Å². The second-order valence-corrected chi connectivity index (χ2v) is 5.78. The summed E-state index contributed by atoms with van der Waals surface area (Å²) < 4.78 is 29.7. The van der Waals surface area contributed by atoms with Gasteiger partial charge in [-0.25, -0.2) is 4.21 Å². The lowest BCUT2D eigenvalue weighted by Gasteiger charge is -2.38. The topological polar surface area (TPSA) is 48.0 Å². The van der Waals surface area contributed by atoms with E-state index in [-0.39, 0.29) is 6.04 Å². The second kappa shape index (κ2) is 5.11. The molecule has 1 aromatic rings. The summed E-state index contributed by atoms with van der Waals surface area (Å²) in [6, 6.07) is 4.19. The van der Waals surface area contributed by atoms with Gasteiger partial charge in [-0.2, -0.15) is 4.31 Å². The Labute approximate surface area is 115 Å². The quantitative estimate of drug-likeness (QED) is 0.827. The van der Waals surface area contributed by atoms with Gasteiger partial charge in [-0.3, -0.25) is 4.18 Å². The summed E-state index contributed by atoms with van der Waals surface area (Å²) in [6.07, 6.45) is 1.70. The fraction of sp³-hybridized carbons (Fsp3) is 0.538. The number of ether oxygens (including phenoxy) is 2. The first-order valence-corrected chi connectivity index (χ1v) is 7.34. The zero-order valence-corrected chi connectivity index (χ0v) is 11.9. The van der Waals surface area contributed by atoms with Crippen LogP contribution in [-0.4, -0.2) is 35.9 Å². The van der Waals surface area contributed by atoms with Crippen LogP contribution in [0.5, 0.6) is 11.5 Å². The maximum Gasteiger partial charge on any atom is 0.237 e. The number of hydrogen-bond donors (Lipinski definition) is 0. The number of hydrogen-bond acceptors (Lipinski definition) is 4. The first-order chi connectivity index (χ1) is 9.24. The molecule has 0 N–H and O–H groups in total. The maximum absolute atomic E-state index is 11.9. The predicted molar refractivity (Wildman–Crippen MR) is 71.4 cm³/mol. The smallest absolute Gasteiger partial charge is 0.237 e. The van der Waals surface area contributed by atoms with Crippen molar-refractivity contribution in [2.75, 3.05) is 27.4 Å². The van der Waals surface area contributed by atoms with Crippen molar-refractivity contribution in [1.29, 1.82) is 0 Å². The summed E-state index contributed by atoms with van der Waals surface area (Å²) in [6.45, 7) is 1.28. The first kappa shape index (κ1) is 12.9. The van der Waals surface area contributed by atoms with Gasteiger partial charge in [0.15, 0.2) is 11.5 Å². The highest BCUT2D eigenvalue weighted by atomic mass is 32.2. The standard InChI is InChI=1S/C13H17NO4S/c1-16-12-7-9-3-5-14-11(4-6-18-19(14)15)10(9)8-13(12)17-2/h7-8,11H,3-6H2,1-2H3/t11-,19?/m1/s1. The Morgan fingerprint density at radius 1 is 1.32 bits per heavy atom. The largest absolute Gasteiger partial charge is 0.493 e. The molecule has 19 heavy (non-hydrogen) atoms. The van der Waals surface area contributed by atoms with Gasteiger partial charge in [0.2, 0.25) is 11.3 Å². The van der Waals surface area contributed by atoms with Crippen molar-refractivity contribution in [3.8, 4) is 11.5 Å². The molecule has 0 saturated carbocycles. The molecule has 1 aromatic carbocycles. The van der Waals surface area contributed by atoms with Gasteiger partial charge in [0.25, 0.3) is 0 Å². The fourth-order valence-corrected chi connectivity index (χ4v) is 3.82. The Kier molecular flexibility index (Phi) is 3.47. The lowest BCUT2D eigenvalue weighted by molar-refractivity contribution is 0.181. The average molecular weight is 283 g/mol. The lowest BCUT2D eigenvalue weighted by Crippen LogP contribution is -2.41. The van der Waals surface area contributed by atoms with E-state index in [1.807, 2.05) is 16.4 Å². The minimum absolute atomic E-state index is 0.151. The van der Waals surface area contributed by atoms with E-state index in [1.54, 1.807) is 14.2 Å². The van der Waals surface area contributed by atoms with E-state index in [4.69, 9.17) is 13.7 Å². The van der Waals surface area contributed by atoms with Crippen LogP contribution < -0.4 is 9.47 Å². The molecule has 0 aromatic heterocycles. The van der Waals surface area contributed by atoms with E-state index in [0.29, 0.717) is 6.61 Å². The van der Waals surface area contributed by atoms with Crippen LogP contribution in [0.3, 0.4) is 0 Å². The Bertz CT molecular complexity index is 520. The van der Waals surface area contributed by atoms with Crippen molar-refractivity contribution in [2.24, 2.45) is 0 Å². The van der Waals surface area contributed by atoms with Gasteiger partial charge in [-0.15, -0.1) is 0 Å². The van der Waals surface area contributed by atoms with Gasteiger partial charge in [0.05, 0.1) is 26.9 Å². The number of benzene rings is 1. The van der Waals surface area contributed by atoms with E-state index in [2.05, 4.69) is 0 Å². The monoisotopic (exact) mass is 283 g/mol. The molecule has 1 unspecified atom stereocenters. The summed E-state index contributed by atoms with van der Waals surface area (Å²) in [5.41, 5.74) is 2.43. The summed E-state index contributed by atoms with van der Waals surface area (Å²) in [5, 5.41) is 0. The molecule has 0 aliphatic carbocycles. The van der Waals surface area contributed by atoms with E-state index in [0.717, 1.165) is 30.9 Å². The minimum atomic E-state index is -1.32. The van der Waals surface area contributed by atoms with Gasteiger partial charge in [0, 0.05) is 6.54 Å². The van der Waals surface area contributed by atoms with Crippen molar-refractivity contribution in [1.82, 2.24) is 4.31 Å². The highest BCUT2D eigenvalue weighted by molar-refractivity contribution is 7.77. The van der Waals surface area contributed by atoms with Gasteiger partial charge in [-0.05, 0) is 36.1 Å². The Hall–Kier alpha value is -1.11. The molecular weight excluding hydrogens is 266 g/mol. The molecule has 2 atom stereocenters. The van der Waals surface area contributed by atoms with E-state index in [1.165, 1.54) is 11.1 Å². The van der Waals surface area contributed by atoms with E-state index >= 15 is 0 Å². The molecule has 104 valence electrons. The van der Waals surface area contributed by atoms with Crippen LogP contribution in [0.4, 0.5) is 0 Å². The minimum Gasteiger partial charge on any atom is -0.493 e. The van der Waals surface area contributed by atoms with Crippen LogP contribution in [0.15, 0.2) is 12.1 Å². The van der Waals surface area contributed by atoms with Crippen LogP contribution in [0, 0.1) is 0 Å². The van der Waals surface area contributed by atoms with E-state index < -0.39 is 11.3 Å². The molecule has 5 nitrogen and oxygen atoms in total. The molecule has 2 heterocycles. The van der Waals surface area contributed by atoms with Crippen LogP contribution in [0.25, 0.3) is 0 Å². The third-order valence-corrected chi connectivity index (χ3v) is 4.91. The molecule has 0 bridgehead atoms. The third-order valence-electron chi connectivity index (χ3n) is 3.72. The summed E-state index contributed by atoms with van der Waals surface area (Å²) >= 11 is -1.32. The summed E-state index contributed by atoms with van der Waals surface area (Å²) in [7, 11) is 3.27. The molecular formula is C13H17NO4S. The van der Waals surface area contributed by atoms with Gasteiger partial charge >= 0.3 is 0 Å². The number of rotatable bonds is 2. The van der Waals surface area contributed by atoms with Crippen molar-refractivity contribution in [3.05, 3.63) is 23.3 Å². The van der Waals surface area contributed by atoms with E-state index in [9.17, 15) is 4.21 Å². The van der Waals surface area contributed by atoms with Crippen molar-refractivity contribution >= 4 is 11.3 Å². The summed E-state index contributed by atoms with van der Waals surface area (Å²) in [4.78, 5) is 0. The highest BCUT2D eigenvalue weighted by Gasteiger charge is 2.35. The first-order valence-electron chi connectivity index (χ1n) is 6.31. The number of fused-ring (bicyclic) bond motifs is 3. The Morgan fingerprint density at radius 3 is 2.79 bits per heavy atom. The average Bonchev–Trinajstić information content (AvgIpc) is 2.45. The van der Waals surface area contributed by atoms with Crippen LogP contribution in [0.1, 0.15) is 23.6 Å². The molecule has 0 amide bonds. The molecule has 0 spiro atoms. The van der Waals surface area contributed by atoms with Gasteiger partial charge < -0.3 is 9.47 Å². The van der Waals surface area contributed by atoms with Crippen molar-refractivity contribution < 1.29 is 17.9 Å². The maximum atomic E-state index is 11.9. The SMILES string of the molecule is COc1cc2c(cc1OC)[C@H]1CCOS(=O)N1CC2. The molecule has 0 radical (unpaired) electrons. The molecule has 6 heteroatoms. The van der Waals surface area contributed by atoms with Crippen LogP contribution >= 0.6 is 0 Å². The zero-order chi connectivity index (χ0) is 13.4. The molecule has 1 saturated heterocycles. The van der Waals surface area contributed by atoms with Gasteiger partial charge in [-0.1, -0.05) is 0 Å². The van der Waals surface area contributed by atoms with Gasteiger partial charge in [0.1, 0.15) is 0 Å².